The van der Waals surface area contributed by atoms with Gasteiger partial charge in [0.05, 0.1) is 18.6 Å². The minimum absolute atomic E-state index is 0.0232. The van der Waals surface area contributed by atoms with Crippen molar-refractivity contribution in [1.82, 2.24) is 4.90 Å². The van der Waals surface area contributed by atoms with Crippen molar-refractivity contribution >= 4 is 27.2 Å². The van der Waals surface area contributed by atoms with E-state index in [4.69, 9.17) is 4.74 Å². The van der Waals surface area contributed by atoms with E-state index in [1.165, 1.54) is 0 Å². The molecule has 0 spiro atoms. The normalized spacial score (nSPS) is 21.8. The number of hydrogen-bond acceptors (Lipinski definition) is 5. The third-order valence-electron chi connectivity index (χ3n) is 7.51. The summed E-state index contributed by atoms with van der Waals surface area (Å²) in [7, 11) is 1.67. The zero-order valence-electron chi connectivity index (χ0n) is 19.4. The van der Waals surface area contributed by atoms with Gasteiger partial charge in [-0.3, -0.25) is 9.69 Å². The number of Topliss-reactive ketones (excluding diaryl/α,β-unsaturated/α-hetero) is 1. The number of carbonyl (C=O) groups is 1. The number of carbonyl (C=O) groups excluding carboxylic acids is 1. The number of aliphatic hydroxyl groups is 1. The second-order valence-corrected chi connectivity index (χ2v) is 11.4. The summed E-state index contributed by atoms with van der Waals surface area (Å²) in [4.78, 5) is 16.5. The molecular weight excluding hydrogens is 406 g/mol. The molecule has 0 bridgehead atoms. The average Bonchev–Trinajstić information content (AvgIpc) is 3.16. The highest BCUT2D eigenvalue weighted by molar-refractivity contribution is 7.17. The molecule has 1 saturated carbocycles. The van der Waals surface area contributed by atoms with Gasteiger partial charge in [-0.1, -0.05) is 19.3 Å². The van der Waals surface area contributed by atoms with Crippen molar-refractivity contribution in [2.24, 2.45) is 5.92 Å². The number of thiophene rings is 1. The van der Waals surface area contributed by atoms with Crippen molar-refractivity contribution < 1.29 is 14.6 Å². The molecule has 31 heavy (non-hydrogen) atoms. The Morgan fingerprint density at radius 1 is 1.19 bits per heavy atom. The van der Waals surface area contributed by atoms with Crippen LogP contribution in [-0.2, 0) is 4.79 Å². The Labute approximate surface area is 190 Å². The fraction of sp³-hybridized carbons (Fsp3) is 0.654. The van der Waals surface area contributed by atoms with Gasteiger partial charge in [-0.25, -0.2) is 0 Å². The van der Waals surface area contributed by atoms with Gasteiger partial charge < -0.3 is 9.84 Å². The molecular formula is C26H37NO3S. The van der Waals surface area contributed by atoms with E-state index in [0.29, 0.717) is 12.8 Å². The molecule has 1 N–H and O–H groups in total. The van der Waals surface area contributed by atoms with Gasteiger partial charge >= 0.3 is 0 Å². The van der Waals surface area contributed by atoms with Crippen LogP contribution < -0.4 is 4.74 Å². The standard InChI is InChI=1S/C26H37NO3S/c1-25(2,3)27-14-10-18(11-15-27)24(28)23(26(29)12-6-5-7-13-26)21-17-31-22-9-8-19(30-4)16-20(21)22/h8-9,16-18,23,29H,5-7,10-15H2,1-4H3. The number of ether oxygens (including phenoxy) is 1. The number of rotatable bonds is 5. The van der Waals surface area contributed by atoms with Crippen LogP contribution in [0.4, 0.5) is 0 Å². The molecule has 1 aliphatic carbocycles. The third kappa shape index (κ3) is 4.55. The van der Waals surface area contributed by atoms with Gasteiger partial charge in [0.2, 0.25) is 0 Å². The van der Waals surface area contributed by atoms with Crippen molar-refractivity contribution in [1.29, 1.82) is 0 Å². The monoisotopic (exact) mass is 443 g/mol. The number of piperidine rings is 1. The van der Waals surface area contributed by atoms with Crippen molar-refractivity contribution in [3.05, 3.63) is 29.1 Å². The van der Waals surface area contributed by atoms with Crippen molar-refractivity contribution in [3.63, 3.8) is 0 Å². The van der Waals surface area contributed by atoms with E-state index in [1.54, 1.807) is 18.4 Å². The van der Waals surface area contributed by atoms with Crippen LogP contribution in [0.5, 0.6) is 5.75 Å². The first-order valence-electron chi connectivity index (χ1n) is 11.8. The Balaban J connectivity index is 1.69. The van der Waals surface area contributed by atoms with Crippen molar-refractivity contribution in [3.8, 4) is 5.75 Å². The first kappa shape index (κ1) is 22.8. The summed E-state index contributed by atoms with van der Waals surface area (Å²) >= 11 is 1.66. The van der Waals surface area contributed by atoms with Gasteiger partial charge in [-0.2, -0.15) is 0 Å². The predicted octanol–water partition coefficient (Wildman–Crippen LogP) is 5.77. The lowest BCUT2D eigenvalue weighted by molar-refractivity contribution is -0.134. The first-order valence-corrected chi connectivity index (χ1v) is 12.7. The van der Waals surface area contributed by atoms with E-state index >= 15 is 0 Å². The summed E-state index contributed by atoms with van der Waals surface area (Å²) < 4.78 is 6.62. The smallest absolute Gasteiger partial charge is 0.146 e. The molecule has 1 unspecified atom stereocenters. The number of fused-ring (bicyclic) bond motifs is 1. The van der Waals surface area contributed by atoms with Crippen molar-refractivity contribution in [2.75, 3.05) is 20.2 Å². The van der Waals surface area contributed by atoms with E-state index in [-0.39, 0.29) is 17.2 Å². The van der Waals surface area contributed by atoms with Crippen LogP contribution in [-0.4, -0.2) is 47.1 Å². The highest BCUT2D eigenvalue weighted by atomic mass is 32.1. The molecule has 1 aliphatic heterocycles. The van der Waals surface area contributed by atoms with Crippen LogP contribution in [0.1, 0.15) is 77.2 Å². The Hall–Kier alpha value is -1.43. The molecule has 170 valence electrons. The maximum absolute atomic E-state index is 14.1. The van der Waals surface area contributed by atoms with Crippen LogP contribution in [0.15, 0.2) is 23.6 Å². The SMILES string of the molecule is COc1ccc2scc(C(C(=O)C3CCN(C(C)(C)C)CC3)C3(O)CCCCC3)c2c1. The molecule has 0 amide bonds. The van der Waals surface area contributed by atoms with Crippen LogP contribution >= 0.6 is 11.3 Å². The molecule has 4 rings (SSSR count). The Kier molecular flexibility index (Phi) is 6.49. The van der Waals surface area contributed by atoms with Crippen LogP contribution in [0.3, 0.4) is 0 Å². The number of likely N-dealkylation sites (tertiary alicyclic amines) is 1. The summed E-state index contributed by atoms with van der Waals surface area (Å²) in [6, 6.07) is 6.07. The van der Waals surface area contributed by atoms with Gasteiger partial charge in [0.25, 0.3) is 0 Å². The quantitative estimate of drug-likeness (QED) is 0.637. The van der Waals surface area contributed by atoms with E-state index in [0.717, 1.165) is 66.6 Å². The Morgan fingerprint density at radius 2 is 1.87 bits per heavy atom. The van der Waals surface area contributed by atoms with E-state index in [1.807, 2.05) is 12.1 Å². The van der Waals surface area contributed by atoms with Gasteiger partial charge in [-0.15, -0.1) is 11.3 Å². The summed E-state index contributed by atoms with van der Waals surface area (Å²) in [5, 5.41) is 15.0. The molecule has 1 aromatic heterocycles. The summed E-state index contributed by atoms with van der Waals surface area (Å²) in [5.74, 6) is 0.628. The topological polar surface area (TPSA) is 49.8 Å². The lowest BCUT2D eigenvalue weighted by atomic mass is 9.68. The molecule has 1 saturated heterocycles. The maximum Gasteiger partial charge on any atom is 0.146 e. The molecule has 4 nitrogen and oxygen atoms in total. The van der Waals surface area contributed by atoms with Gasteiger partial charge in [0.1, 0.15) is 11.5 Å². The molecule has 1 aromatic carbocycles. The van der Waals surface area contributed by atoms with Gasteiger partial charge in [0.15, 0.2) is 0 Å². The first-order chi connectivity index (χ1) is 14.7. The second kappa shape index (κ2) is 8.84. The molecule has 2 aliphatic rings. The minimum Gasteiger partial charge on any atom is -0.497 e. The Bertz CT molecular complexity index is 914. The maximum atomic E-state index is 14.1. The lowest BCUT2D eigenvalue weighted by Crippen LogP contribution is -2.49. The van der Waals surface area contributed by atoms with Crippen LogP contribution in [0.25, 0.3) is 10.1 Å². The minimum atomic E-state index is -0.937. The molecule has 0 radical (unpaired) electrons. The van der Waals surface area contributed by atoms with Gasteiger partial charge in [-0.05, 0) is 88.7 Å². The third-order valence-corrected chi connectivity index (χ3v) is 8.49. The molecule has 5 heteroatoms. The summed E-state index contributed by atoms with van der Waals surface area (Å²) in [6.45, 7) is 8.63. The number of nitrogens with zero attached hydrogens (tertiary/aromatic N) is 1. The van der Waals surface area contributed by atoms with E-state index < -0.39 is 11.5 Å². The zero-order chi connectivity index (χ0) is 22.2. The van der Waals surface area contributed by atoms with Crippen LogP contribution in [0.2, 0.25) is 0 Å². The van der Waals surface area contributed by atoms with Gasteiger partial charge in [0, 0.05) is 21.5 Å². The molecule has 1 atom stereocenters. The van der Waals surface area contributed by atoms with Crippen LogP contribution in [0, 0.1) is 5.92 Å². The molecule has 2 aromatic rings. The highest BCUT2D eigenvalue weighted by Crippen LogP contribution is 2.46. The number of ketones is 1. The molecule has 2 fully saturated rings. The largest absolute Gasteiger partial charge is 0.497 e. The van der Waals surface area contributed by atoms with E-state index in [2.05, 4.69) is 37.1 Å². The fourth-order valence-corrected chi connectivity index (χ4v) is 6.58. The second-order valence-electron chi connectivity index (χ2n) is 10.5. The predicted molar refractivity (Wildman–Crippen MR) is 128 cm³/mol. The van der Waals surface area contributed by atoms with Crippen molar-refractivity contribution in [2.45, 2.75) is 82.8 Å². The summed E-state index contributed by atoms with van der Waals surface area (Å²) in [5.41, 5.74) is 0.203. The average molecular weight is 444 g/mol. The van der Waals surface area contributed by atoms with E-state index in [9.17, 15) is 9.90 Å². The fourth-order valence-electron chi connectivity index (χ4n) is 5.61. The molecule has 2 heterocycles. The number of methoxy groups -OCH3 is 1. The number of hydrogen-bond donors (Lipinski definition) is 1. The number of benzene rings is 1. The highest BCUT2D eigenvalue weighted by Gasteiger charge is 2.46. The zero-order valence-corrected chi connectivity index (χ0v) is 20.3. The Morgan fingerprint density at radius 3 is 2.48 bits per heavy atom. The summed E-state index contributed by atoms with van der Waals surface area (Å²) in [6.07, 6.45) is 6.33. The lowest BCUT2D eigenvalue weighted by Gasteiger charge is -2.43.